The minimum absolute atomic E-state index is 0.258. The van der Waals surface area contributed by atoms with Crippen molar-refractivity contribution in [1.29, 1.82) is 5.26 Å². The summed E-state index contributed by atoms with van der Waals surface area (Å²) in [6, 6.07) is 2.53. The Hall–Kier alpha value is -0.550. The Morgan fingerprint density at radius 1 is 1.06 bits per heavy atom. The van der Waals surface area contributed by atoms with E-state index in [2.05, 4.69) is 19.9 Å². The molecule has 2 rings (SSSR count). The van der Waals surface area contributed by atoms with Gasteiger partial charge < -0.3 is 5.11 Å². The van der Waals surface area contributed by atoms with Crippen molar-refractivity contribution in [2.45, 2.75) is 70.8 Å². The molecule has 0 saturated heterocycles. The van der Waals surface area contributed by atoms with Gasteiger partial charge in [-0.3, -0.25) is 0 Å². The topological polar surface area (TPSA) is 44.0 Å². The molecule has 3 unspecified atom stereocenters. The molecule has 3 atom stereocenters. The fourth-order valence-electron chi connectivity index (χ4n) is 4.11. The molecule has 2 heteroatoms. The van der Waals surface area contributed by atoms with E-state index in [0.717, 1.165) is 38.5 Å². The van der Waals surface area contributed by atoms with Crippen LogP contribution in [-0.2, 0) is 0 Å². The van der Waals surface area contributed by atoms with Crippen molar-refractivity contribution in [3.05, 3.63) is 0 Å². The van der Waals surface area contributed by atoms with E-state index in [0.29, 0.717) is 5.92 Å². The monoisotopic (exact) mass is 235 g/mol. The Bertz CT molecular complexity index is 313. The van der Waals surface area contributed by atoms with Gasteiger partial charge in [0.15, 0.2) is 0 Å². The molecule has 0 aliphatic heterocycles. The quantitative estimate of drug-likeness (QED) is 0.754. The lowest BCUT2D eigenvalue weighted by Crippen LogP contribution is -2.56. The van der Waals surface area contributed by atoms with Crippen molar-refractivity contribution in [1.82, 2.24) is 0 Å². The smallest absolute Gasteiger partial charge is 0.0863 e. The number of rotatable bonds is 1. The predicted molar refractivity (Wildman–Crippen MR) is 68.3 cm³/mol. The standard InChI is InChI=1S/C15H25NO/c1-12-7-6-10-15(17,13(12)2)14(11-16)8-4-3-5-9-14/h12-13,17H,3-10H2,1-2H3. The summed E-state index contributed by atoms with van der Waals surface area (Å²) in [4.78, 5) is 0. The molecule has 0 radical (unpaired) electrons. The second-order valence-corrected chi connectivity index (χ2v) is 6.34. The van der Waals surface area contributed by atoms with Crippen LogP contribution in [0, 0.1) is 28.6 Å². The first-order valence-corrected chi connectivity index (χ1v) is 7.19. The van der Waals surface area contributed by atoms with Crippen LogP contribution in [0.4, 0.5) is 0 Å². The van der Waals surface area contributed by atoms with E-state index in [1.54, 1.807) is 0 Å². The van der Waals surface area contributed by atoms with Crippen LogP contribution in [-0.4, -0.2) is 10.7 Å². The van der Waals surface area contributed by atoms with Crippen molar-refractivity contribution in [2.24, 2.45) is 17.3 Å². The second-order valence-electron chi connectivity index (χ2n) is 6.34. The fourth-order valence-corrected chi connectivity index (χ4v) is 4.11. The van der Waals surface area contributed by atoms with Crippen LogP contribution in [0.2, 0.25) is 0 Å². The average Bonchev–Trinajstić information content (AvgIpc) is 2.36. The summed E-state index contributed by atoms with van der Waals surface area (Å²) in [5.41, 5.74) is -1.20. The van der Waals surface area contributed by atoms with Crippen molar-refractivity contribution in [2.75, 3.05) is 0 Å². The van der Waals surface area contributed by atoms with Crippen LogP contribution in [0.25, 0.3) is 0 Å². The van der Waals surface area contributed by atoms with E-state index in [-0.39, 0.29) is 5.92 Å². The average molecular weight is 235 g/mol. The molecule has 2 nitrogen and oxygen atoms in total. The van der Waals surface area contributed by atoms with Crippen molar-refractivity contribution < 1.29 is 5.11 Å². The highest BCUT2D eigenvalue weighted by molar-refractivity contribution is 5.15. The van der Waals surface area contributed by atoms with Gasteiger partial charge >= 0.3 is 0 Å². The number of aliphatic hydroxyl groups is 1. The second kappa shape index (κ2) is 4.61. The van der Waals surface area contributed by atoms with Gasteiger partial charge in [-0.15, -0.1) is 0 Å². The first-order chi connectivity index (χ1) is 8.06. The molecule has 2 saturated carbocycles. The van der Waals surface area contributed by atoms with Crippen LogP contribution < -0.4 is 0 Å². The predicted octanol–water partition coefficient (Wildman–Crippen LogP) is 3.65. The highest BCUT2D eigenvalue weighted by atomic mass is 16.3. The molecule has 1 N–H and O–H groups in total. The largest absolute Gasteiger partial charge is 0.388 e. The fraction of sp³-hybridized carbons (Fsp3) is 0.933. The third kappa shape index (κ3) is 1.89. The zero-order valence-corrected chi connectivity index (χ0v) is 11.2. The molecule has 0 aromatic carbocycles. The van der Waals surface area contributed by atoms with E-state index in [1.807, 2.05) is 0 Å². The van der Waals surface area contributed by atoms with Gasteiger partial charge in [-0.25, -0.2) is 0 Å². The molecule has 0 heterocycles. The van der Waals surface area contributed by atoms with Gasteiger partial charge in [0.25, 0.3) is 0 Å². The SMILES string of the molecule is CC1CCCC(O)(C2(C#N)CCCCC2)C1C. The molecular formula is C15H25NO. The zero-order valence-electron chi connectivity index (χ0n) is 11.2. The number of hydrogen-bond acceptors (Lipinski definition) is 2. The summed E-state index contributed by atoms with van der Waals surface area (Å²) in [5, 5.41) is 20.8. The minimum Gasteiger partial charge on any atom is -0.388 e. The molecule has 96 valence electrons. The molecule has 2 aliphatic carbocycles. The van der Waals surface area contributed by atoms with Gasteiger partial charge in [0, 0.05) is 0 Å². The summed E-state index contributed by atoms with van der Waals surface area (Å²) in [6.07, 6.45) is 8.34. The van der Waals surface area contributed by atoms with Crippen LogP contribution in [0.5, 0.6) is 0 Å². The Kier molecular flexibility index (Phi) is 3.50. The Morgan fingerprint density at radius 2 is 1.71 bits per heavy atom. The first kappa shape index (κ1) is 12.9. The molecule has 17 heavy (non-hydrogen) atoms. The van der Waals surface area contributed by atoms with Gasteiger partial charge in [-0.05, 0) is 31.1 Å². The molecule has 0 bridgehead atoms. The Balaban J connectivity index is 2.31. The number of nitriles is 1. The lowest BCUT2D eigenvalue weighted by molar-refractivity contribution is -0.146. The zero-order chi connectivity index (χ0) is 12.5. The van der Waals surface area contributed by atoms with Crippen LogP contribution >= 0.6 is 0 Å². The maximum Gasteiger partial charge on any atom is 0.0863 e. The van der Waals surface area contributed by atoms with Gasteiger partial charge in [-0.2, -0.15) is 5.26 Å². The third-order valence-electron chi connectivity index (χ3n) is 5.57. The summed E-state index contributed by atoms with van der Waals surface area (Å²) in [5.74, 6) is 0.801. The van der Waals surface area contributed by atoms with E-state index < -0.39 is 11.0 Å². The van der Waals surface area contributed by atoms with E-state index >= 15 is 0 Å². The van der Waals surface area contributed by atoms with Crippen molar-refractivity contribution in [3.63, 3.8) is 0 Å². The molecule has 2 fully saturated rings. The molecule has 0 amide bonds. The van der Waals surface area contributed by atoms with Crippen LogP contribution in [0.3, 0.4) is 0 Å². The molecule has 0 spiro atoms. The summed E-state index contributed by atoms with van der Waals surface area (Å²) in [6.45, 7) is 4.38. The Morgan fingerprint density at radius 3 is 2.29 bits per heavy atom. The van der Waals surface area contributed by atoms with Gasteiger partial charge in [0.1, 0.15) is 0 Å². The number of nitrogens with zero attached hydrogens (tertiary/aromatic N) is 1. The van der Waals surface area contributed by atoms with E-state index in [4.69, 9.17) is 0 Å². The lowest BCUT2D eigenvalue weighted by Gasteiger charge is -2.52. The number of hydrogen-bond donors (Lipinski definition) is 1. The van der Waals surface area contributed by atoms with Crippen LogP contribution in [0.1, 0.15) is 65.2 Å². The summed E-state index contributed by atoms with van der Waals surface area (Å²) < 4.78 is 0. The maximum atomic E-state index is 11.2. The normalized spacial score (nSPS) is 41.8. The highest BCUT2D eigenvalue weighted by Crippen LogP contribution is 2.54. The Labute approximate surface area is 105 Å². The molecular weight excluding hydrogens is 210 g/mol. The maximum absolute atomic E-state index is 11.2. The first-order valence-electron chi connectivity index (χ1n) is 7.19. The highest BCUT2D eigenvalue weighted by Gasteiger charge is 2.55. The molecule has 2 aliphatic rings. The van der Waals surface area contributed by atoms with Gasteiger partial charge in [-0.1, -0.05) is 46.0 Å². The summed E-state index contributed by atoms with van der Waals surface area (Å²) >= 11 is 0. The van der Waals surface area contributed by atoms with Crippen molar-refractivity contribution in [3.8, 4) is 6.07 Å². The van der Waals surface area contributed by atoms with Gasteiger partial charge in [0.05, 0.1) is 17.1 Å². The van der Waals surface area contributed by atoms with Gasteiger partial charge in [0.2, 0.25) is 0 Å². The molecule has 0 aromatic heterocycles. The van der Waals surface area contributed by atoms with E-state index in [9.17, 15) is 10.4 Å². The van der Waals surface area contributed by atoms with E-state index in [1.165, 1.54) is 12.8 Å². The third-order valence-corrected chi connectivity index (χ3v) is 5.57. The van der Waals surface area contributed by atoms with Crippen molar-refractivity contribution >= 4 is 0 Å². The lowest BCUT2D eigenvalue weighted by atomic mass is 9.54. The molecule has 0 aromatic rings. The van der Waals surface area contributed by atoms with Crippen LogP contribution in [0.15, 0.2) is 0 Å². The summed E-state index contributed by atoms with van der Waals surface area (Å²) in [7, 11) is 0. The minimum atomic E-state index is -0.736.